The first-order valence-electron chi connectivity index (χ1n) is 7.01. The molecule has 2 unspecified atom stereocenters. The molecule has 1 saturated heterocycles. The van der Waals surface area contributed by atoms with Crippen molar-refractivity contribution in [2.45, 2.75) is 51.5 Å². The standard InChI is InChI=1S/C14H25N3S/c1-10(2)17-6-4-5-12(8-17)14-16-13(9-18-14)11(3)7-15/h9-12H,4-8,15H2,1-3H3. The molecule has 0 spiro atoms. The van der Waals surface area contributed by atoms with Crippen molar-refractivity contribution in [2.75, 3.05) is 19.6 Å². The van der Waals surface area contributed by atoms with Crippen molar-refractivity contribution < 1.29 is 0 Å². The molecule has 0 amide bonds. The Bertz CT molecular complexity index is 375. The van der Waals surface area contributed by atoms with Gasteiger partial charge in [-0.1, -0.05) is 6.92 Å². The van der Waals surface area contributed by atoms with E-state index in [1.165, 1.54) is 36.6 Å². The monoisotopic (exact) mass is 267 g/mol. The van der Waals surface area contributed by atoms with Crippen LogP contribution in [0.3, 0.4) is 0 Å². The average molecular weight is 267 g/mol. The van der Waals surface area contributed by atoms with Gasteiger partial charge < -0.3 is 10.6 Å². The summed E-state index contributed by atoms with van der Waals surface area (Å²) in [7, 11) is 0. The number of piperidine rings is 1. The Hall–Kier alpha value is -0.450. The van der Waals surface area contributed by atoms with Gasteiger partial charge in [0.15, 0.2) is 0 Å². The SMILES string of the molecule is CC(CN)c1csc(C2CCCN(C(C)C)C2)n1. The number of rotatable bonds is 4. The predicted octanol–water partition coefficient (Wildman–Crippen LogP) is 2.79. The third kappa shape index (κ3) is 3.11. The van der Waals surface area contributed by atoms with Crippen LogP contribution >= 0.6 is 11.3 Å². The number of likely N-dealkylation sites (tertiary alicyclic amines) is 1. The highest BCUT2D eigenvalue weighted by molar-refractivity contribution is 7.09. The van der Waals surface area contributed by atoms with Gasteiger partial charge in [-0.05, 0) is 33.2 Å². The molecule has 102 valence electrons. The van der Waals surface area contributed by atoms with E-state index < -0.39 is 0 Å². The number of thiazole rings is 1. The molecule has 1 fully saturated rings. The van der Waals surface area contributed by atoms with Gasteiger partial charge >= 0.3 is 0 Å². The van der Waals surface area contributed by atoms with E-state index >= 15 is 0 Å². The van der Waals surface area contributed by atoms with Crippen LogP contribution in [-0.4, -0.2) is 35.6 Å². The van der Waals surface area contributed by atoms with E-state index in [1.54, 1.807) is 0 Å². The van der Waals surface area contributed by atoms with Crippen LogP contribution in [0.4, 0.5) is 0 Å². The summed E-state index contributed by atoms with van der Waals surface area (Å²) in [5.74, 6) is 1.02. The van der Waals surface area contributed by atoms with E-state index in [0.29, 0.717) is 24.4 Å². The smallest absolute Gasteiger partial charge is 0.0972 e. The molecule has 18 heavy (non-hydrogen) atoms. The molecule has 0 bridgehead atoms. The van der Waals surface area contributed by atoms with Gasteiger partial charge in [0.25, 0.3) is 0 Å². The third-order valence-electron chi connectivity index (χ3n) is 3.93. The highest BCUT2D eigenvalue weighted by Gasteiger charge is 2.25. The zero-order valence-electron chi connectivity index (χ0n) is 11.7. The Morgan fingerprint density at radius 3 is 2.94 bits per heavy atom. The second-order valence-corrected chi connectivity index (χ2v) is 6.56. The van der Waals surface area contributed by atoms with Gasteiger partial charge in [0.1, 0.15) is 0 Å². The van der Waals surface area contributed by atoms with Crippen molar-refractivity contribution in [3.8, 4) is 0 Å². The molecular weight excluding hydrogens is 242 g/mol. The molecule has 2 atom stereocenters. The van der Waals surface area contributed by atoms with Crippen LogP contribution in [0.2, 0.25) is 0 Å². The number of hydrogen-bond acceptors (Lipinski definition) is 4. The summed E-state index contributed by atoms with van der Waals surface area (Å²) in [6.07, 6.45) is 2.58. The minimum absolute atomic E-state index is 0.389. The van der Waals surface area contributed by atoms with Crippen molar-refractivity contribution in [2.24, 2.45) is 5.73 Å². The number of nitrogens with two attached hydrogens (primary N) is 1. The van der Waals surface area contributed by atoms with Gasteiger partial charge in [-0.15, -0.1) is 11.3 Å². The summed E-state index contributed by atoms with van der Waals surface area (Å²) < 4.78 is 0. The molecule has 0 saturated carbocycles. The van der Waals surface area contributed by atoms with E-state index in [0.717, 1.165) is 0 Å². The van der Waals surface area contributed by atoms with Crippen molar-refractivity contribution in [1.29, 1.82) is 0 Å². The molecule has 2 N–H and O–H groups in total. The molecule has 4 heteroatoms. The second kappa shape index (κ2) is 6.13. The first-order valence-corrected chi connectivity index (χ1v) is 7.89. The molecular formula is C14H25N3S. The zero-order chi connectivity index (χ0) is 13.1. The van der Waals surface area contributed by atoms with Gasteiger partial charge in [0.2, 0.25) is 0 Å². The summed E-state index contributed by atoms with van der Waals surface area (Å²) in [4.78, 5) is 7.38. The second-order valence-electron chi connectivity index (χ2n) is 5.68. The van der Waals surface area contributed by atoms with Gasteiger partial charge in [0.05, 0.1) is 10.7 Å². The molecule has 0 aromatic carbocycles. The van der Waals surface area contributed by atoms with Crippen molar-refractivity contribution in [3.05, 3.63) is 16.1 Å². The van der Waals surface area contributed by atoms with Crippen molar-refractivity contribution in [3.63, 3.8) is 0 Å². The van der Waals surface area contributed by atoms with Crippen LogP contribution in [0.1, 0.15) is 56.2 Å². The number of aromatic nitrogens is 1. The minimum Gasteiger partial charge on any atom is -0.330 e. The molecule has 0 aliphatic carbocycles. The maximum Gasteiger partial charge on any atom is 0.0972 e. The van der Waals surface area contributed by atoms with Crippen molar-refractivity contribution >= 4 is 11.3 Å². The predicted molar refractivity (Wildman–Crippen MR) is 78.3 cm³/mol. The number of hydrogen-bond donors (Lipinski definition) is 1. The Morgan fingerprint density at radius 2 is 2.28 bits per heavy atom. The molecule has 0 radical (unpaired) electrons. The van der Waals surface area contributed by atoms with Crippen molar-refractivity contribution in [1.82, 2.24) is 9.88 Å². The fourth-order valence-electron chi connectivity index (χ4n) is 2.51. The summed E-state index contributed by atoms with van der Waals surface area (Å²) in [5.41, 5.74) is 6.89. The lowest BCUT2D eigenvalue weighted by Crippen LogP contribution is -2.39. The summed E-state index contributed by atoms with van der Waals surface area (Å²) in [5, 5.41) is 3.51. The lowest BCUT2D eigenvalue weighted by Gasteiger charge is -2.34. The average Bonchev–Trinajstić information content (AvgIpc) is 2.87. The lowest BCUT2D eigenvalue weighted by molar-refractivity contribution is 0.167. The van der Waals surface area contributed by atoms with E-state index in [9.17, 15) is 0 Å². The van der Waals surface area contributed by atoms with E-state index in [4.69, 9.17) is 10.7 Å². The lowest BCUT2D eigenvalue weighted by atomic mass is 9.97. The highest BCUT2D eigenvalue weighted by atomic mass is 32.1. The van der Waals surface area contributed by atoms with Crippen LogP contribution in [0.25, 0.3) is 0 Å². The summed E-state index contributed by atoms with van der Waals surface area (Å²) >= 11 is 1.82. The fraction of sp³-hybridized carbons (Fsp3) is 0.786. The minimum atomic E-state index is 0.389. The first-order chi connectivity index (χ1) is 8.61. The summed E-state index contributed by atoms with van der Waals surface area (Å²) in [6.45, 7) is 9.82. The molecule has 1 aliphatic heterocycles. The third-order valence-corrected chi connectivity index (χ3v) is 4.96. The first kappa shape index (κ1) is 14.0. The van der Waals surface area contributed by atoms with Crippen LogP contribution in [0, 0.1) is 0 Å². The molecule has 2 rings (SSSR count). The van der Waals surface area contributed by atoms with E-state index in [-0.39, 0.29) is 0 Å². The fourth-order valence-corrected chi connectivity index (χ4v) is 3.58. The Morgan fingerprint density at radius 1 is 1.50 bits per heavy atom. The quantitative estimate of drug-likeness (QED) is 0.912. The van der Waals surface area contributed by atoms with Crippen LogP contribution in [-0.2, 0) is 0 Å². The van der Waals surface area contributed by atoms with Gasteiger partial charge in [-0.3, -0.25) is 0 Å². The molecule has 3 nitrogen and oxygen atoms in total. The maximum atomic E-state index is 5.71. The van der Waals surface area contributed by atoms with Gasteiger partial charge in [-0.25, -0.2) is 4.98 Å². The normalized spacial score (nSPS) is 23.5. The molecule has 1 aliphatic rings. The Kier molecular flexibility index (Phi) is 4.76. The zero-order valence-corrected chi connectivity index (χ0v) is 12.5. The maximum absolute atomic E-state index is 5.71. The molecule has 1 aromatic rings. The van der Waals surface area contributed by atoms with Crippen LogP contribution < -0.4 is 5.73 Å². The molecule has 1 aromatic heterocycles. The van der Waals surface area contributed by atoms with Gasteiger partial charge in [0, 0.05) is 36.3 Å². The Labute approximate surface area is 114 Å². The largest absolute Gasteiger partial charge is 0.330 e. The topological polar surface area (TPSA) is 42.1 Å². The molecule has 2 heterocycles. The highest BCUT2D eigenvalue weighted by Crippen LogP contribution is 2.31. The van der Waals surface area contributed by atoms with Crippen LogP contribution in [0.15, 0.2) is 5.38 Å². The van der Waals surface area contributed by atoms with E-state index in [2.05, 4.69) is 31.1 Å². The Balaban J connectivity index is 2.04. The van der Waals surface area contributed by atoms with E-state index in [1.807, 2.05) is 11.3 Å². The van der Waals surface area contributed by atoms with Gasteiger partial charge in [-0.2, -0.15) is 0 Å². The number of nitrogens with zero attached hydrogens (tertiary/aromatic N) is 2. The summed E-state index contributed by atoms with van der Waals surface area (Å²) in [6, 6.07) is 0.648. The van der Waals surface area contributed by atoms with Crippen LogP contribution in [0.5, 0.6) is 0 Å².